The van der Waals surface area contributed by atoms with Crippen molar-refractivity contribution in [1.29, 1.82) is 0 Å². The lowest BCUT2D eigenvalue weighted by molar-refractivity contribution is 0.977. The van der Waals surface area contributed by atoms with Crippen LogP contribution in [0.4, 0.5) is 0 Å². The molecule has 0 unspecified atom stereocenters. The van der Waals surface area contributed by atoms with Crippen molar-refractivity contribution in [1.82, 2.24) is 10.2 Å². The van der Waals surface area contributed by atoms with Crippen LogP contribution in [0.5, 0.6) is 0 Å². The van der Waals surface area contributed by atoms with Crippen molar-refractivity contribution in [3.63, 3.8) is 0 Å². The number of aryl methyl sites for hydroxylation is 1. The Hall–Kier alpha value is -1.96. The highest BCUT2D eigenvalue weighted by Crippen LogP contribution is 2.07. The van der Waals surface area contributed by atoms with Gasteiger partial charge in [-0.25, -0.2) is 0 Å². The van der Waals surface area contributed by atoms with Crippen molar-refractivity contribution in [2.45, 2.75) is 6.92 Å². The van der Waals surface area contributed by atoms with Crippen molar-refractivity contribution in [2.24, 2.45) is 0 Å². The molecule has 1 heterocycles. The number of hydrogen-bond acceptors (Lipinski definition) is 2. The lowest BCUT2D eigenvalue weighted by atomic mass is 10.2. The number of aromatic nitrogens is 2. The monoisotopic (exact) mass is 196 g/mol. The molecule has 0 saturated heterocycles. The fourth-order valence-corrected chi connectivity index (χ4v) is 1.34. The molecule has 0 saturated carbocycles. The lowest BCUT2D eigenvalue weighted by Gasteiger charge is -1.94. The third-order valence-electron chi connectivity index (χ3n) is 2.07. The fraction of sp³-hybridized carbons (Fsp3) is 0.0769. The van der Waals surface area contributed by atoms with Crippen LogP contribution in [0.15, 0.2) is 42.6 Å². The number of hydrogen-bond donors (Lipinski definition) is 0. The van der Waals surface area contributed by atoms with Crippen LogP contribution >= 0.6 is 0 Å². The van der Waals surface area contributed by atoms with Crippen molar-refractivity contribution >= 4 is 12.2 Å². The van der Waals surface area contributed by atoms with Gasteiger partial charge in [0, 0.05) is 0 Å². The summed E-state index contributed by atoms with van der Waals surface area (Å²) in [6.45, 7) is 1.94. The molecule has 2 rings (SSSR count). The van der Waals surface area contributed by atoms with E-state index < -0.39 is 0 Å². The molecule has 0 aliphatic carbocycles. The lowest BCUT2D eigenvalue weighted by Crippen LogP contribution is -1.85. The highest BCUT2D eigenvalue weighted by atomic mass is 15.1. The second-order valence-corrected chi connectivity index (χ2v) is 3.37. The van der Waals surface area contributed by atoms with E-state index in [2.05, 4.69) is 28.4 Å². The maximum absolute atomic E-state index is 3.91. The smallest absolute Gasteiger partial charge is 0.0606 e. The van der Waals surface area contributed by atoms with E-state index in [9.17, 15) is 0 Å². The molecule has 0 N–H and O–H groups in total. The van der Waals surface area contributed by atoms with Gasteiger partial charge in [0.1, 0.15) is 0 Å². The van der Waals surface area contributed by atoms with Crippen LogP contribution in [0.3, 0.4) is 0 Å². The fourth-order valence-electron chi connectivity index (χ4n) is 1.34. The van der Waals surface area contributed by atoms with E-state index in [1.54, 1.807) is 6.20 Å². The van der Waals surface area contributed by atoms with Crippen LogP contribution in [-0.4, -0.2) is 10.2 Å². The Labute approximate surface area is 89.3 Å². The van der Waals surface area contributed by atoms with Gasteiger partial charge in [0.15, 0.2) is 0 Å². The Balaban J connectivity index is 2.19. The Kier molecular flexibility index (Phi) is 2.88. The molecule has 0 aliphatic rings. The Morgan fingerprint density at radius 2 is 1.73 bits per heavy atom. The first-order chi connectivity index (χ1) is 7.34. The van der Waals surface area contributed by atoms with Crippen LogP contribution in [0.1, 0.15) is 16.8 Å². The Morgan fingerprint density at radius 3 is 2.47 bits per heavy atom. The van der Waals surface area contributed by atoms with Gasteiger partial charge in [0.05, 0.1) is 11.9 Å². The van der Waals surface area contributed by atoms with E-state index in [0.29, 0.717) is 0 Å². The summed E-state index contributed by atoms with van der Waals surface area (Å²) >= 11 is 0. The Bertz CT molecular complexity index is 461. The predicted molar refractivity (Wildman–Crippen MR) is 62.1 cm³/mol. The molecule has 0 radical (unpaired) electrons. The van der Waals surface area contributed by atoms with Crippen molar-refractivity contribution in [3.8, 4) is 0 Å². The van der Waals surface area contributed by atoms with Gasteiger partial charge in [-0.05, 0) is 24.1 Å². The molecule has 2 heteroatoms. The second-order valence-electron chi connectivity index (χ2n) is 3.37. The van der Waals surface area contributed by atoms with E-state index in [0.717, 1.165) is 11.3 Å². The molecule has 0 spiro atoms. The summed E-state index contributed by atoms with van der Waals surface area (Å²) in [6, 6.07) is 12.2. The molecule has 0 fully saturated rings. The summed E-state index contributed by atoms with van der Waals surface area (Å²) in [4.78, 5) is 0. The molecule has 2 aromatic rings. The highest BCUT2D eigenvalue weighted by Gasteiger charge is 1.89. The third kappa shape index (κ3) is 2.74. The van der Waals surface area contributed by atoms with E-state index in [1.807, 2.05) is 37.3 Å². The molecule has 1 aromatic carbocycles. The molecule has 2 nitrogen and oxygen atoms in total. The molecule has 0 bridgehead atoms. The minimum Gasteiger partial charge on any atom is -0.158 e. The van der Waals surface area contributed by atoms with E-state index in [-0.39, 0.29) is 0 Å². The quantitative estimate of drug-likeness (QED) is 0.738. The normalized spacial score (nSPS) is 10.7. The average molecular weight is 196 g/mol. The van der Waals surface area contributed by atoms with Gasteiger partial charge < -0.3 is 0 Å². The van der Waals surface area contributed by atoms with E-state index in [4.69, 9.17) is 0 Å². The van der Waals surface area contributed by atoms with Gasteiger partial charge in [-0.2, -0.15) is 10.2 Å². The van der Waals surface area contributed by atoms with Crippen LogP contribution in [-0.2, 0) is 0 Å². The standard InChI is InChI=1S/C13H12N2/c1-11-9-13(10-14-15-11)8-7-12-5-3-2-4-6-12/h2-10H,1H3. The first-order valence-electron chi connectivity index (χ1n) is 4.87. The van der Waals surface area contributed by atoms with Gasteiger partial charge in [0.2, 0.25) is 0 Å². The zero-order valence-electron chi connectivity index (χ0n) is 8.59. The summed E-state index contributed by atoms with van der Waals surface area (Å²) in [7, 11) is 0. The van der Waals surface area contributed by atoms with Gasteiger partial charge in [-0.1, -0.05) is 42.5 Å². The maximum Gasteiger partial charge on any atom is 0.0606 e. The first kappa shape index (κ1) is 9.59. The van der Waals surface area contributed by atoms with E-state index >= 15 is 0 Å². The highest BCUT2D eigenvalue weighted by molar-refractivity contribution is 5.69. The van der Waals surface area contributed by atoms with Gasteiger partial charge in [-0.3, -0.25) is 0 Å². The SMILES string of the molecule is Cc1cc(C=Cc2ccccc2)cnn1. The third-order valence-corrected chi connectivity index (χ3v) is 2.07. The molecule has 15 heavy (non-hydrogen) atoms. The van der Waals surface area contributed by atoms with Crippen LogP contribution in [0.25, 0.3) is 12.2 Å². The van der Waals surface area contributed by atoms with Crippen LogP contribution in [0.2, 0.25) is 0 Å². The van der Waals surface area contributed by atoms with Crippen LogP contribution in [0, 0.1) is 6.92 Å². The minimum atomic E-state index is 0.935. The van der Waals surface area contributed by atoms with Gasteiger partial charge in [-0.15, -0.1) is 0 Å². The molecular weight excluding hydrogens is 184 g/mol. The first-order valence-corrected chi connectivity index (χ1v) is 4.87. The van der Waals surface area contributed by atoms with Gasteiger partial charge >= 0.3 is 0 Å². The molecule has 1 aromatic heterocycles. The zero-order chi connectivity index (χ0) is 10.5. The zero-order valence-corrected chi connectivity index (χ0v) is 8.59. The largest absolute Gasteiger partial charge is 0.158 e. The summed E-state index contributed by atoms with van der Waals surface area (Å²) < 4.78 is 0. The Morgan fingerprint density at radius 1 is 1.00 bits per heavy atom. The second kappa shape index (κ2) is 4.51. The average Bonchev–Trinajstić information content (AvgIpc) is 2.28. The topological polar surface area (TPSA) is 25.8 Å². The molecule has 0 atom stereocenters. The molecule has 0 amide bonds. The van der Waals surface area contributed by atoms with Crippen molar-refractivity contribution in [2.75, 3.05) is 0 Å². The number of rotatable bonds is 2. The summed E-state index contributed by atoms with van der Waals surface area (Å²) in [6.07, 6.45) is 5.86. The maximum atomic E-state index is 3.91. The summed E-state index contributed by atoms with van der Waals surface area (Å²) in [5.41, 5.74) is 3.20. The van der Waals surface area contributed by atoms with Crippen molar-refractivity contribution in [3.05, 3.63) is 59.4 Å². The summed E-state index contributed by atoms with van der Waals surface area (Å²) in [5, 5.41) is 7.81. The predicted octanol–water partition coefficient (Wildman–Crippen LogP) is 2.96. The molecule has 74 valence electrons. The van der Waals surface area contributed by atoms with E-state index in [1.165, 1.54) is 5.56 Å². The van der Waals surface area contributed by atoms with Crippen molar-refractivity contribution < 1.29 is 0 Å². The summed E-state index contributed by atoms with van der Waals surface area (Å²) in [5.74, 6) is 0. The van der Waals surface area contributed by atoms with Crippen LogP contribution < -0.4 is 0 Å². The van der Waals surface area contributed by atoms with Gasteiger partial charge in [0.25, 0.3) is 0 Å². The minimum absolute atomic E-state index is 0.935. The number of nitrogens with zero attached hydrogens (tertiary/aromatic N) is 2. The molecular formula is C13H12N2. The molecule has 0 aliphatic heterocycles. The number of benzene rings is 1.